The van der Waals surface area contributed by atoms with Crippen LogP contribution in [0.2, 0.25) is 0 Å². The lowest BCUT2D eigenvalue weighted by atomic mass is 10.1. The molecule has 0 aromatic carbocycles. The van der Waals surface area contributed by atoms with Crippen LogP contribution in [-0.2, 0) is 15.7 Å². The van der Waals surface area contributed by atoms with E-state index in [0.29, 0.717) is 64.4 Å². The number of halogens is 3. The Hall–Kier alpha value is -2.73. The van der Waals surface area contributed by atoms with Gasteiger partial charge in [0.15, 0.2) is 5.69 Å². The van der Waals surface area contributed by atoms with Crippen molar-refractivity contribution in [1.29, 1.82) is 0 Å². The number of aromatic nitrogens is 4. The topological polar surface area (TPSA) is 103 Å². The minimum Gasteiger partial charge on any atom is -0.378 e. The van der Waals surface area contributed by atoms with E-state index < -0.39 is 17.8 Å². The van der Waals surface area contributed by atoms with Gasteiger partial charge in [-0.25, -0.2) is 15.0 Å². The number of rotatable bonds is 3. The summed E-state index contributed by atoms with van der Waals surface area (Å²) in [6, 6.07) is 1.53. The summed E-state index contributed by atoms with van der Waals surface area (Å²) >= 11 is 0. The van der Waals surface area contributed by atoms with E-state index in [1.807, 2.05) is 23.6 Å². The lowest BCUT2D eigenvalue weighted by molar-refractivity contribution is -0.140. The van der Waals surface area contributed by atoms with Gasteiger partial charge >= 0.3 is 6.18 Å². The van der Waals surface area contributed by atoms with Gasteiger partial charge in [-0.1, -0.05) is 13.8 Å². The van der Waals surface area contributed by atoms with Crippen LogP contribution in [0.15, 0.2) is 12.3 Å². The van der Waals surface area contributed by atoms with E-state index in [9.17, 15) is 13.2 Å². The standard InChI is InChI=1S/C17H20F3N7O2.C2H6/c18-17(19,20)14-11(10-22-15(21)25-14)12-9-13(26-1-5-28-6-2-26)24-16(23-12)27-3-7-29-8-4-27;1-2/h9-10H,1-8H2,(H2,21,22,25);1-2H3. The molecule has 0 saturated carbocycles. The highest BCUT2D eigenvalue weighted by Crippen LogP contribution is 2.36. The molecule has 0 radical (unpaired) electrons. The van der Waals surface area contributed by atoms with E-state index >= 15 is 0 Å². The van der Waals surface area contributed by atoms with Gasteiger partial charge < -0.3 is 25.0 Å². The van der Waals surface area contributed by atoms with Crippen LogP contribution in [0, 0.1) is 0 Å². The third-order valence-corrected chi connectivity index (χ3v) is 4.68. The third-order valence-electron chi connectivity index (χ3n) is 4.68. The maximum absolute atomic E-state index is 13.6. The van der Waals surface area contributed by atoms with Gasteiger partial charge in [-0.2, -0.15) is 18.2 Å². The van der Waals surface area contributed by atoms with E-state index in [2.05, 4.69) is 19.9 Å². The third kappa shape index (κ3) is 5.50. The second-order valence-electron chi connectivity index (χ2n) is 6.60. The molecule has 9 nitrogen and oxygen atoms in total. The van der Waals surface area contributed by atoms with Crippen molar-refractivity contribution < 1.29 is 22.6 Å². The molecule has 0 aliphatic carbocycles. The molecule has 0 amide bonds. The fraction of sp³-hybridized carbons (Fsp3) is 0.579. The van der Waals surface area contributed by atoms with Crippen molar-refractivity contribution in [2.75, 3.05) is 68.1 Å². The van der Waals surface area contributed by atoms with Crippen molar-refractivity contribution in [1.82, 2.24) is 19.9 Å². The van der Waals surface area contributed by atoms with E-state index in [-0.39, 0.29) is 11.3 Å². The minimum atomic E-state index is -4.70. The predicted octanol–water partition coefficient (Wildman–Crippen LogP) is 2.23. The summed E-state index contributed by atoms with van der Waals surface area (Å²) in [6.07, 6.45) is -3.64. The maximum Gasteiger partial charge on any atom is 0.434 e. The second-order valence-corrected chi connectivity index (χ2v) is 6.60. The van der Waals surface area contributed by atoms with Crippen LogP contribution in [0.3, 0.4) is 0 Å². The molecule has 0 spiro atoms. The zero-order chi connectivity index (χ0) is 22.4. The lowest BCUT2D eigenvalue weighted by Crippen LogP contribution is -2.39. The van der Waals surface area contributed by atoms with Gasteiger partial charge in [0.25, 0.3) is 0 Å². The maximum atomic E-state index is 13.6. The van der Waals surface area contributed by atoms with Crippen molar-refractivity contribution in [2.24, 2.45) is 0 Å². The molecular formula is C19H26F3N7O2. The number of morpholine rings is 2. The highest BCUT2D eigenvalue weighted by Gasteiger charge is 2.37. The summed E-state index contributed by atoms with van der Waals surface area (Å²) in [5.74, 6) is 0.430. The molecule has 4 rings (SSSR count). The van der Waals surface area contributed by atoms with Crippen molar-refractivity contribution in [3.05, 3.63) is 18.0 Å². The Morgan fingerprint density at radius 2 is 1.48 bits per heavy atom. The summed E-state index contributed by atoms with van der Waals surface area (Å²) < 4.78 is 51.5. The van der Waals surface area contributed by atoms with Crippen LogP contribution >= 0.6 is 0 Å². The SMILES string of the molecule is CC.Nc1ncc(-c2cc(N3CCOCC3)nc(N3CCOCC3)n2)c(C(F)(F)F)n1. The minimum absolute atomic E-state index is 0.0929. The largest absolute Gasteiger partial charge is 0.434 e. The lowest BCUT2D eigenvalue weighted by Gasteiger charge is -2.31. The van der Waals surface area contributed by atoms with Crippen LogP contribution < -0.4 is 15.5 Å². The Morgan fingerprint density at radius 1 is 0.903 bits per heavy atom. The number of nitrogens with zero attached hydrogens (tertiary/aromatic N) is 6. The first kappa shape index (κ1) is 22.9. The van der Waals surface area contributed by atoms with Gasteiger partial charge in [0.2, 0.25) is 11.9 Å². The number of alkyl halides is 3. The molecule has 2 aliphatic heterocycles. The van der Waals surface area contributed by atoms with E-state index in [0.717, 1.165) is 6.20 Å². The molecule has 0 bridgehead atoms. The van der Waals surface area contributed by atoms with Gasteiger partial charge in [-0.3, -0.25) is 0 Å². The Labute approximate surface area is 178 Å². The number of ether oxygens (including phenoxy) is 2. The Morgan fingerprint density at radius 3 is 2.06 bits per heavy atom. The van der Waals surface area contributed by atoms with Gasteiger partial charge in [0.1, 0.15) is 5.82 Å². The molecule has 2 saturated heterocycles. The summed E-state index contributed by atoms with van der Waals surface area (Å²) in [6.45, 7) is 8.31. The number of hydrogen-bond acceptors (Lipinski definition) is 9. The molecule has 31 heavy (non-hydrogen) atoms. The zero-order valence-corrected chi connectivity index (χ0v) is 17.5. The predicted molar refractivity (Wildman–Crippen MR) is 110 cm³/mol. The fourth-order valence-corrected chi connectivity index (χ4v) is 3.22. The Bertz CT molecular complexity index is 834. The molecule has 170 valence electrons. The first-order valence-corrected chi connectivity index (χ1v) is 10.2. The Kier molecular flexibility index (Phi) is 7.44. The molecule has 2 aromatic rings. The molecule has 0 atom stereocenters. The van der Waals surface area contributed by atoms with E-state index in [1.165, 1.54) is 6.07 Å². The van der Waals surface area contributed by atoms with Crippen molar-refractivity contribution in [3.8, 4) is 11.3 Å². The average Bonchev–Trinajstić information content (AvgIpc) is 2.80. The highest BCUT2D eigenvalue weighted by atomic mass is 19.4. The smallest absolute Gasteiger partial charge is 0.378 e. The number of nitrogens with two attached hydrogens (primary N) is 1. The van der Waals surface area contributed by atoms with Gasteiger partial charge in [0, 0.05) is 44.0 Å². The van der Waals surface area contributed by atoms with Crippen LogP contribution in [0.4, 0.5) is 30.9 Å². The second kappa shape index (κ2) is 10.1. The molecule has 4 heterocycles. The molecule has 2 fully saturated rings. The first-order valence-electron chi connectivity index (χ1n) is 10.2. The highest BCUT2D eigenvalue weighted by molar-refractivity contribution is 5.67. The normalized spacial score (nSPS) is 17.2. The molecule has 2 aliphatic rings. The molecule has 12 heteroatoms. The quantitative estimate of drug-likeness (QED) is 0.768. The van der Waals surface area contributed by atoms with Crippen LogP contribution in [0.25, 0.3) is 11.3 Å². The summed E-state index contributed by atoms with van der Waals surface area (Å²) in [4.78, 5) is 20.0. The number of anilines is 3. The molecule has 2 aromatic heterocycles. The van der Waals surface area contributed by atoms with Crippen molar-refractivity contribution in [3.63, 3.8) is 0 Å². The van der Waals surface area contributed by atoms with Gasteiger partial charge in [-0.05, 0) is 0 Å². The van der Waals surface area contributed by atoms with Crippen LogP contribution in [0.5, 0.6) is 0 Å². The fourth-order valence-electron chi connectivity index (χ4n) is 3.22. The van der Waals surface area contributed by atoms with Crippen molar-refractivity contribution in [2.45, 2.75) is 20.0 Å². The van der Waals surface area contributed by atoms with Crippen LogP contribution in [0.1, 0.15) is 19.5 Å². The summed E-state index contributed by atoms with van der Waals surface area (Å²) in [5, 5.41) is 0. The van der Waals surface area contributed by atoms with Crippen LogP contribution in [-0.4, -0.2) is 72.5 Å². The molecule has 0 unspecified atom stereocenters. The van der Waals surface area contributed by atoms with Gasteiger partial charge in [0.05, 0.1) is 32.1 Å². The van der Waals surface area contributed by atoms with Gasteiger partial charge in [-0.15, -0.1) is 0 Å². The first-order chi connectivity index (χ1) is 14.9. The number of hydrogen-bond donors (Lipinski definition) is 1. The van der Waals surface area contributed by atoms with E-state index in [1.54, 1.807) is 0 Å². The Balaban J connectivity index is 0.00000132. The molecule has 2 N–H and O–H groups in total. The number of nitrogen functional groups attached to an aromatic ring is 1. The summed E-state index contributed by atoms with van der Waals surface area (Å²) in [7, 11) is 0. The molecular weight excluding hydrogens is 415 g/mol. The van der Waals surface area contributed by atoms with E-state index in [4.69, 9.17) is 15.2 Å². The zero-order valence-electron chi connectivity index (χ0n) is 17.5. The van der Waals surface area contributed by atoms with Crippen molar-refractivity contribution >= 4 is 17.7 Å². The summed E-state index contributed by atoms with van der Waals surface area (Å²) in [5.41, 5.74) is 4.13. The monoisotopic (exact) mass is 441 g/mol. The average molecular weight is 441 g/mol.